The van der Waals surface area contributed by atoms with Crippen molar-refractivity contribution in [2.45, 2.75) is 6.10 Å². The molecule has 1 rings (SSSR count). The fourth-order valence-corrected chi connectivity index (χ4v) is 1.34. The van der Waals surface area contributed by atoms with Crippen LogP contribution in [0.4, 0.5) is 4.39 Å². The third kappa shape index (κ3) is 3.85. The van der Waals surface area contributed by atoms with Gasteiger partial charge in [0.1, 0.15) is 11.6 Å². The van der Waals surface area contributed by atoms with E-state index in [1.165, 1.54) is 19.2 Å². The van der Waals surface area contributed by atoms with E-state index in [0.29, 0.717) is 0 Å². The van der Waals surface area contributed by atoms with Gasteiger partial charge < -0.3 is 9.47 Å². The van der Waals surface area contributed by atoms with Gasteiger partial charge in [0, 0.05) is 7.11 Å². The summed E-state index contributed by atoms with van der Waals surface area (Å²) in [5.74, 6) is 4.12. The van der Waals surface area contributed by atoms with Gasteiger partial charge in [0.25, 0.3) is 5.91 Å². The number of carbonyl (C=O) groups is 1. The molecule has 0 aliphatic heterocycles. The van der Waals surface area contributed by atoms with Crippen LogP contribution in [-0.4, -0.2) is 25.7 Å². The van der Waals surface area contributed by atoms with Gasteiger partial charge in [-0.2, -0.15) is 0 Å². The zero-order valence-corrected chi connectivity index (χ0v) is 9.83. The predicted octanol–water partition coefficient (Wildman–Crippen LogP) is 0.863. The normalized spacial score (nSPS) is 12.0. The van der Waals surface area contributed by atoms with Gasteiger partial charge in [0.15, 0.2) is 0 Å². The maximum atomic E-state index is 12.8. The first-order valence-corrected chi connectivity index (χ1v) is 5.07. The second-order valence-corrected chi connectivity index (χ2v) is 3.55. The number of rotatable bonds is 5. The lowest BCUT2D eigenvalue weighted by Crippen LogP contribution is -2.44. The van der Waals surface area contributed by atoms with Crippen LogP contribution in [0.5, 0.6) is 5.75 Å². The summed E-state index contributed by atoms with van der Waals surface area (Å²) in [6.07, 6.45) is -0.951. The van der Waals surface area contributed by atoms with Crippen LogP contribution in [0.25, 0.3) is 0 Å². The molecule has 5 nitrogen and oxygen atoms in total. The highest BCUT2D eigenvalue weighted by atomic mass is 35.5. The first-order valence-electron chi connectivity index (χ1n) is 4.69. The number of benzene rings is 1. The summed E-state index contributed by atoms with van der Waals surface area (Å²) >= 11 is 5.75. The number of carbonyl (C=O) groups excluding carboxylic acids is 1. The molecule has 0 aromatic heterocycles. The lowest BCUT2D eigenvalue weighted by Gasteiger charge is -2.17. The SMILES string of the molecule is COCC(Oc1ccc(F)cc1Cl)C(=O)NN. The summed E-state index contributed by atoms with van der Waals surface area (Å²) in [6, 6.07) is 3.58. The Kier molecular flexibility index (Phi) is 5.14. The quantitative estimate of drug-likeness (QED) is 0.469. The Bertz CT molecular complexity index is 403. The highest BCUT2D eigenvalue weighted by Gasteiger charge is 2.20. The highest BCUT2D eigenvalue weighted by Crippen LogP contribution is 2.25. The average molecular weight is 263 g/mol. The van der Waals surface area contributed by atoms with E-state index in [1.807, 2.05) is 5.43 Å². The third-order valence-electron chi connectivity index (χ3n) is 1.92. The van der Waals surface area contributed by atoms with Crippen LogP contribution in [0.15, 0.2) is 18.2 Å². The summed E-state index contributed by atoms with van der Waals surface area (Å²) in [5.41, 5.74) is 1.94. The van der Waals surface area contributed by atoms with Crippen molar-refractivity contribution in [3.05, 3.63) is 29.0 Å². The molecule has 0 fully saturated rings. The monoisotopic (exact) mass is 262 g/mol. The predicted molar refractivity (Wildman–Crippen MR) is 60.0 cm³/mol. The molecule has 0 saturated heterocycles. The minimum absolute atomic E-state index is 0.00324. The fourth-order valence-electron chi connectivity index (χ4n) is 1.13. The Morgan fingerprint density at radius 1 is 1.65 bits per heavy atom. The fraction of sp³-hybridized carbons (Fsp3) is 0.300. The van der Waals surface area contributed by atoms with Crippen LogP contribution in [0.3, 0.4) is 0 Å². The molecule has 1 amide bonds. The first kappa shape index (κ1) is 13.7. The Labute approximate surface area is 103 Å². The average Bonchev–Trinajstić information content (AvgIpc) is 2.30. The molecule has 0 aliphatic rings. The lowest BCUT2D eigenvalue weighted by atomic mass is 10.3. The first-order chi connectivity index (χ1) is 8.08. The number of nitrogens with one attached hydrogen (secondary N) is 1. The molecule has 7 heteroatoms. The van der Waals surface area contributed by atoms with E-state index in [9.17, 15) is 9.18 Å². The summed E-state index contributed by atoms with van der Waals surface area (Å²) in [5, 5.41) is 0.0657. The Balaban J connectivity index is 2.82. The number of amides is 1. The van der Waals surface area contributed by atoms with Gasteiger partial charge in [-0.25, -0.2) is 10.2 Å². The Hall–Kier alpha value is -1.37. The number of methoxy groups -OCH3 is 1. The molecule has 1 unspecified atom stereocenters. The largest absolute Gasteiger partial charge is 0.477 e. The van der Waals surface area contributed by atoms with Crippen LogP contribution in [0.2, 0.25) is 5.02 Å². The number of hydrogen-bond acceptors (Lipinski definition) is 4. The van der Waals surface area contributed by atoms with Crippen molar-refractivity contribution in [3.63, 3.8) is 0 Å². The minimum Gasteiger partial charge on any atom is -0.477 e. The molecule has 0 spiro atoms. The van der Waals surface area contributed by atoms with Gasteiger partial charge in [-0.1, -0.05) is 11.6 Å². The third-order valence-corrected chi connectivity index (χ3v) is 2.21. The van der Waals surface area contributed by atoms with Gasteiger partial charge in [-0.15, -0.1) is 0 Å². The molecule has 3 N–H and O–H groups in total. The number of hydrogen-bond donors (Lipinski definition) is 2. The summed E-state index contributed by atoms with van der Waals surface area (Å²) in [4.78, 5) is 11.3. The second-order valence-electron chi connectivity index (χ2n) is 3.15. The van der Waals surface area contributed by atoms with Crippen molar-refractivity contribution < 1.29 is 18.7 Å². The molecule has 1 atom stereocenters. The molecule has 17 heavy (non-hydrogen) atoms. The van der Waals surface area contributed by atoms with E-state index in [0.717, 1.165) is 6.07 Å². The van der Waals surface area contributed by atoms with Crippen molar-refractivity contribution in [2.24, 2.45) is 5.84 Å². The van der Waals surface area contributed by atoms with E-state index < -0.39 is 17.8 Å². The Morgan fingerprint density at radius 2 is 2.35 bits per heavy atom. The lowest BCUT2D eigenvalue weighted by molar-refractivity contribution is -0.130. The van der Waals surface area contributed by atoms with E-state index in [-0.39, 0.29) is 17.4 Å². The van der Waals surface area contributed by atoms with Crippen molar-refractivity contribution in [3.8, 4) is 5.75 Å². The van der Waals surface area contributed by atoms with Gasteiger partial charge in [-0.05, 0) is 18.2 Å². The van der Waals surface area contributed by atoms with Crippen LogP contribution >= 0.6 is 11.6 Å². The maximum absolute atomic E-state index is 12.8. The molecule has 1 aromatic rings. The zero-order chi connectivity index (χ0) is 12.8. The van der Waals surface area contributed by atoms with Crippen LogP contribution in [0, 0.1) is 5.82 Å². The van der Waals surface area contributed by atoms with Gasteiger partial charge in [0.2, 0.25) is 6.10 Å². The Morgan fingerprint density at radius 3 is 2.88 bits per heavy atom. The van der Waals surface area contributed by atoms with Crippen molar-refractivity contribution in [1.82, 2.24) is 5.43 Å². The maximum Gasteiger partial charge on any atom is 0.277 e. The number of hydrazine groups is 1. The molecule has 0 heterocycles. The molecule has 0 saturated carbocycles. The smallest absolute Gasteiger partial charge is 0.277 e. The molecule has 0 bridgehead atoms. The number of ether oxygens (including phenoxy) is 2. The van der Waals surface area contributed by atoms with Crippen molar-refractivity contribution in [2.75, 3.05) is 13.7 Å². The molecular formula is C10H12ClFN2O3. The van der Waals surface area contributed by atoms with Crippen LogP contribution in [0.1, 0.15) is 0 Å². The molecular weight excluding hydrogens is 251 g/mol. The van der Waals surface area contributed by atoms with Crippen molar-refractivity contribution in [1.29, 1.82) is 0 Å². The van der Waals surface area contributed by atoms with E-state index in [4.69, 9.17) is 26.9 Å². The standard InChI is InChI=1S/C10H12ClFN2O3/c1-16-5-9(10(15)14-13)17-8-3-2-6(12)4-7(8)11/h2-4,9H,5,13H2,1H3,(H,14,15). The van der Waals surface area contributed by atoms with E-state index in [2.05, 4.69) is 0 Å². The zero-order valence-electron chi connectivity index (χ0n) is 9.07. The second kappa shape index (κ2) is 6.39. The number of nitrogens with two attached hydrogens (primary N) is 1. The summed E-state index contributed by atoms with van der Waals surface area (Å²) in [6.45, 7) is -0.00324. The highest BCUT2D eigenvalue weighted by molar-refractivity contribution is 6.32. The van der Waals surface area contributed by atoms with Gasteiger partial charge >= 0.3 is 0 Å². The van der Waals surface area contributed by atoms with E-state index >= 15 is 0 Å². The number of halogens is 2. The van der Waals surface area contributed by atoms with Crippen LogP contribution < -0.4 is 16.0 Å². The van der Waals surface area contributed by atoms with Crippen molar-refractivity contribution >= 4 is 17.5 Å². The molecule has 1 aromatic carbocycles. The van der Waals surface area contributed by atoms with E-state index in [1.54, 1.807) is 0 Å². The molecule has 94 valence electrons. The van der Waals surface area contributed by atoms with Crippen LogP contribution in [-0.2, 0) is 9.53 Å². The minimum atomic E-state index is -0.951. The van der Waals surface area contributed by atoms with Gasteiger partial charge in [0.05, 0.1) is 11.6 Å². The molecule has 0 aliphatic carbocycles. The summed E-state index contributed by atoms with van der Waals surface area (Å²) < 4.78 is 22.9. The topological polar surface area (TPSA) is 73.6 Å². The summed E-state index contributed by atoms with van der Waals surface area (Å²) in [7, 11) is 1.41. The molecule has 0 radical (unpaired) electrons. The van der Waals surface area contributed by atoms with Gasteiger partial charge in [-0.3, -0.25) is 10.2 Å².